The first-order chi connectivity index (χ1) is 17.3. The number of carbonyl (C=O) groups is 2. The summed E-state index contributed by atoms with van der Waals surface area (Å²) in [5.74, 6) is 0.361. The molecule has 0 atom stereocenters. The third kappa shape index (κ3) is 5.50. The Morgan fingerprint density at radius 1 is 1.06 bits per heavy atom. The largest absolute Gasteiger partial charge is 0.490 e. The molecule has 0 radical (unpaired) electrons. The average Bonchev–Trinajstić information content (AvgIpc) is 3.13. The molecule has 1 aliphatic heterocycles. The summed E-state index contributed by atoms with van der Waals surface area (Å²) in [6.45, 7) is 2.35. The molecule has 36 heavy (non-hydrogen) atoms. The van der Waals surface area contributed by atoms with Crippen LogP contribution >= 0.6 is 27.5 Å². The van der Waals surface area contributed by atoms with Crippen LogP contribution in [0.2, 0.25) is 5.02 Å². The van der Waals surface area contributed by atoms with Crippen LogP contribution in [0.15, 0.2) is 70.8 Å². The number of ether oxygens (including phenoxy) is 2. The Morgan fingerprint density at radius 2 is 1.72 bits per heavy atom. The lowest BCUT2D eigenvalue weighted by Gasteiger charge is -2.14. The van der Waals surface area contributed by atoms with Gasteiger partial charge >= 0.3 is 6.03 Å². The minimum absolute atomic E-state index is 0.00271. The maximum absolute atomic E-state index is 12.9. The van der Waals surface area contributed by atoms with Crippen molar-refractivity contribution in [2.75, 3.05) is 11.5 Å². The number of hydrogen-bond donors (Lipinski definition) is 1. The molecule has 1 N–H and O–H groups in total. The normalized spacial score (nSPS) is 14.2. The molecule has 3 aromatic rings. The number of nitro groups is 1. The molecule has 3 aromatic carbocycles. The van der Waals surface area contributed by atoms with E-state index in [0.29, 0.717) is 38.9 Å². The van der Waals surface area contributed by atoms with Crippen molar-refractivity contribution in [1.82, 2.24) is 5.32 Å². The van der Waals surface area contributed by atoms with E-state index in [-0.39, 0.29) is 18.0 Å². The smallest absolute Gasteiger partial charge is 0.333 e. The molecule has 11 heteroatoms. The van der Waals surface area contributed by atoms with Gasteiger partial charge in [-0.05, 0) is 72.7 Å². The second-order valence-corrected chi connectivity index (χ2v) is 8.86. The minimum atomic E-state index is -0.572. The Kier molecular flexibility index (Phi) is 7.56. The van der Waals surface area contributed by atoms with E-state index in [0.717, 1.165) is 10.5 Å². The summed E-state index contributed by atoms with van der Waals surface area (Å²) in [4.78, 5) is 36.8. The average molecular weight is 573 g/mol. The number of amides is 3. The summed E-state index contributed by atoms with van der Waals surface area (Å²) in [5.41, 5.74) is 1.82. The first kappa shape index (κ1) is 25.2. The summed E-state index contributed by atoms with van der Waals surface area (Å²) in [5, 5.41) is 13.9. The molecular weight excluding hydrogens is 554 g/mol. The van der Waals surface area contributed by atoms with Crippen LogP contribution in [0.25, 0.3) is 6.08 Å². The lowest BCUT2D eigenvalue weighted by Crippen LogP contribution is -2.30. The molecule has 0 aromatic heterocycles. The molecule has 4 rings (SSSR count). The summed E-state index contributed by atoms with van der Waals surface area (Å²) in [6.07, 6.45) is 1.54. The molecule has 3 amide bonds. The summed E-state index contributed by atoms with van der Waals surface area (Å²) < 4.78 is 12.2. The molecule has 1 fully saturated rings. The highest BCUT2D eigenvalue weighted by Crippen LogP contribution is 2.36. The number of hydrogen-bond acceptors (Lipinski definition) is 6. The van der Waals surface area contributed by atoms with Gasteiger partial charge in [0.1, 0.15) is 12.3 Å². The fourth-order valence-electron chi connectivity index (χ4n) is 3.43. The van der Waals surface area contributed by atoms with Crippen LogP contribution in [-0.2, 0) is 11.4 Å². The molecule has 1 heterocycles. The number of halogens is 2. The zero-order valence-electron chi connectivity index (χ0n) is 18.9. The molecule has 0 saturated carbocycles. The Labute approximate surface area is 219 Å². The number of nitrogens with one attached hydrogen (secondary N) is 1. The fraction of sp³-hybridized carbons (Fsp3) is 0.120. The third-order valence-corrected chi connectivity index (χ3v) is 6.11. The lowest BCUT2D eigenvalue weighted by atomic mass is 10.1. The lowest BCUT2D eigenvalue weighted by molar-refractivity contribution is -0.384. The number of nitro benzene ring substituents is 1. The van der Waals surface area contributed by atoms with Crippen LogP contribution in [-0.4, -0.2) is 23.5 Å². The Balaban J connectivity index is 1.57. The van der Waals surface area contributed by atoms with Crippen LogP contribution in [0.5, 0.6) is 11.5 Å². The second-order valence-electron chi connectivity index (χ2n) is 7.57. The zero-order valence-corrected chi connectivity index (χ0v) is 21.2. The van der Waals surface area contributed by atoms with Crippen molar-refractivity contribution >= 4 is 56.9 Å². The third-order valence-electron chi connectivity index (χ3n) is 5.17. The van der Waals surface area contributed by atoms with E-state index in [4.69, 9.17) is 21.1 Å². The molecule has 1 aliphatic rings. The van der Waals surface area contributed by atoms with Crippen molar-refractivity contribution in [3.8, 4) is 11.5 Å². The number of anilines is 1. The number of rotatable bonds is 8. The van der Waals surface area contributed by atoms with Crippen LogP contribution < -0.4 is 19.7 Å². The Morgan fingerprint density at radius 3 is 2.36 bits per heavy atom. The molecular formula is C25H19BrClN3O6. The van der Waals surface area contributed by atoms with E-state index in [1.807, 2.05) is 6.92 Å². The van der Waals surface area contributed by atoms with Gasteiger partial charge in [0.2, 0.25) is 0 Å². The van der Waals surface area contributed by atoms with E-state index in [1.165, 1.54) is 12.1 Å². The minimum Gasteiger partial charge on any atom is -0.490 e. The highest BCUT2D eigenvalue weighted by Gasteiger charge is 2.35. The van der Waals surface area contributed by atoms with Gasteiger partial charge in [0.15, 0.2) is 11.5 Å². The number of non-ortho nitro benzene ring substituents is 1. The maximum Gasteiger partial charge on any atom is 0.333 e. The van der Waals surface area contributed by atoms with Gasteiger partial charge in [-0.1, -0.05) is 27.5 Å². The van der Waals surface area contributed by atoms with E-state index in [1.54, 1.807) is 54.6 Å². The van der Waals surface area contributed by atoms with Crippen LogP contribution in [0.4, 0.5) is 16.2 Å². The van der Waals surface area contributed by atoms with Gasteiger partial charge in [-0.15, -0.1) is 0 Å². The van der Waals surface area contributed by atoms with E-state index >= 15 is 0 Å². The number of carbonyl (C=O) groups excluding carboxylic acids is 2. The van der Waals surface area contributed by atoms with Gasteiger partial charge < -0.3 is 14.8 Å². The standard InChI is InChI=1S/C25H19BrClN3O6/c1-2-35-22-12-16(11-21-24(31)29(25(32)28-21)18-9-5-17(27)6-10-18)20(26)13-23(22)36-14-15-3-7-19(8-4-15)30(33)34/h3-13H,2,14H2,1H3,(H,28,32)/b21-11+. The Bertz CT molecular complexity index is 1360. The van der Waals surface area contributed by atoms with E-state index in [2.05, 4.69) is 21.2 Å². The van der Waals surface area contributed by atoms with Gasteiger partial charge in [0, 0.05) is 21.6 Å². The maximum atomic E-state index is 12.9. The van der Waals surface area contributed by atoms with Crippen LogP contribution in [0.3, 0.4) is 0 Å². The number of urea groups is 1. The quantitative estimate of drug-likeness (QED) is 0.151. The van der Waals surface area contributed by atoms with Crippen molar-refractivity contribution in [1.29, 1.82) is 0 Å². The van der Waals surface area contributed by atoms with Gasteiger partial charge in [-0.2, -0.15) is 0 Å². The molecule has 0 aliphatic carbocycles. The topological polar surface area (TPSA) is 111 Å². The molecule has 0 bridgehead atoms. The van der Waals surface area contributed by atoms with Gasteiger partial charge in [-0.3, -0.25) is 14.9 Å². The first-order valence-electron chi connectivity index (χ1n) is 10.7. The van der Waals surface area contributed by atoms with Crippen molar-refractivity contribution in [3.05, 3.63) is 97.1 Å². The highest BCUT2D eigenvalue weighted by molar-refractivity contribution is 9.10. The zero-order chi connectivity index (χ0) is 25.8. The second kappa shape index (κ2) is 10.8. The van der Waals surface area contributed by atoms with E-state index in [9.17, 15) is 19.7 Å². The molecule has 0 unspecified atom stereocenters. The van der Waals surface area contributed by atoms with Crippen LogP contribution in [0.1, 0.15) is 18.1 Å². The SMILES string of the molecule is CCOc1cc(/C=C2/NC(=O)N(c3ccc(Cl)cc3)C2=O)c(Br)cc1OCc1ccc([N+](=O)[O-])cc1. The predicted molar refractivity (Wildman–Crippen MR) is 138 cm³/mol. The van der Waals surface area contributed by atoms with Crippen LogP contribution in [0, 0.1) is 10.1 Å². The molecule has 0 spiro atoms. The Hall–Kier alpha value is -3.89. The highest BCUT2D eigenvalue weighted by atomic mass is 79.9. The van der Waals surface area contributed by atoms with Gasteiger partial charge in [0.25, 0.3) is 11.6 Å². The van der Waals surface area contributed by atoms with Crippen molar-refractivity contribution < 1.29 is 24.0 Å². The van der Waals surface area contributed by atoms with Gasteiger partial charge in [0.05, 0.1) is 17.2 Å². The summed E-state index contributed by atoms with van der Waals surface area (Å²) >= 11 is 9.39. The number of benzene rings is 3. The van der Waals surface area contributed by atoms with Crippen molar-refractivity contribution in [2.45, 2.75) is 13.5 Å². The fourth-order valence-corrected chi connectivity index (χ4v) is 4.00. The summed E-state index contributed by atoms with van der Waals surface area (Å²) in [6, 6.07) is 15.2. The van der Waals surface area contributed by atoms with Gasteiger partial charge in [-0.25, -0.2) is 9.69 Å². The first-order valence-corrected chi connectivity index (χ1v) is 11.9. The monoisotopic (exact) mass is 571 g/mol. The van der Waals surface area contributed by atoms with Crippen molar-refractivity contribution in [2.24, 2.45) is 0 Å². The molecule has 9 nitrogen and oxygen atoms in total. The molecule has 184 valence electrons. The predicted octanol–water partition coefficient (Wildman–Crippen LogP) is 6.09. The summed E-state index contributed by atoms with van der Waals surface area (Å²) in [7, 11) is 0. The van der Waals surface area contributed by atoms with Crippen molar-refractivity contribution in [3.63, 3.8) is 0 Å². The van der Waals surface area contributed by atoms with E-state index < -0.39 is 16.9 Å². The number of nitrogens with zero attached hydrogens (tertiary/aromatic N) is 2. The number of imide groups is 1. The molecule has 1 saturated heterocycles.